The summed E-state index contributed by atoms with van der Waals surface area (Å²) in [5.74, 6) is 5.98. The lowest BCUT2D eigenvalue weighted by Crippen LogP contribution is -2.24. The fourth-order valence-corrected chi connectivity index (χ4v) is 1.87. The van der Waals surface area contributed by atoms with Gasteiger partial charge in [0.2, 0.25) is 0 Å². The van der Waals surface area contributed by atoms with Crippen molar-refractivity contribution < 1.29 is 4.79 Å². The highest BCUT2D eigenvalue weighted by Crippen LogP contribution is 2.06. The summed E-state index contributed by atoms with van der Waals surface area (Å²) in [5.41, 5.74) is 4.35. The highest BCUT2D eigenvalue weighted by Gasteiger charge is 2.04. The van der Waals surface area contributed by atoms with Gasteiger partial charge in [0.15, 0.2) is 0 Å². The molecule has 0 atom stereocenters. The zero-order chi connectivity index (χ0) is 14.1. The molecule has 4 N–H and O–H groups in total. The number of hydrogen-bond acceptors (Lipinski definition) is 3. The molecular weight excluding hydrogens is 238 g/mol. The molecule has 0 radical (unpaired) electrons. The molecule has 1 rings (SSSR count). The van der Waals surface area contributed by atoms with E-state index in [9.17, 15) is 4.79 Å². The van der Waals surface area contributed by atoms with Gasteiger partial charge in [-0.25, -0.2) is 0 Å². The molecule has 1 aromatic rings. The number of benzene rings is 1. The Kier molecular flexibility index (Phi) is 7.15. The molecule has 0 spiro atoms. The molecule has 0 unspecified atom stereocenters. The summed E-state index contributed by atoms with van der Waals surface area (Å²) in [6.07, 6.45) is 3.43. The highest BCUT2D eigenvalue weighted by atomic mass is 16.1. The molecule has 0 aliphatic heterocycles. The number of unbranched alkanes of at least 4 members (excludes halogenated alkanes) is 1. The van der Waals surface area contributed by atoms with Crippen molar-refractivity contribution in [1.82, 2.24) is 10.7 Å². The molecule has 0 aliphatic rings. The molecule has 19 heavy (non-hydrogen) atoms. The van der Waals surface area contributed by atoms with Crippen molar-refractivity contribution in [1.29, 1.82) is 0 Å². The van der Waals surface area contributed by atoms with Crippen molar-refractivity contribution in [2.24, 2.45) is 11.8 Å². The van der Waals surface area contributed by atoms with E-state index in [-0.39, 0.29) is 5.91 Å². The zero-order valence-corrected chi connectivity index (χ0v) is 11.9. The minimum atomic E-state index is -0.00296. The van der Waals surface area contributed by atoms with Gasteiger partial charge in [0.1, 0.15) is 0 Å². The Bertz CT molecular complexity index is 373. The number of carbonyl (C=O) groups is 1. The number of rotatable bonds is 8. The summed E-state index contributed by atoms with van der Waals surface area (Å²) < 4.78 is 0. The maximum Gasteiger partial charge on any atom is 0.251 e. The van der Waals surface area contributed by atoms with Gasteiger partial charge in [-0.15, -0.1) is 0 Å². The topological polar surface area (TPSA) is 67.2 Å². The van der Waals surface area contributed by atoms with E-state index in [2.05, 4.69) is 24.6 Å². The van der Waals surface area contributed by atoms with Gasteiger partial charge in [0.25, 0.3) is 5.91 Å². The molecule has 0 fully saturated rings. The summed E-state index contributed by atoms with van der Waals surface area (Å²) in [4.78, 5) is 11.9. The summed E-state index contributed by atoms with van der Waals surface area (Å²) in [7, 11) is 0. The predicted octanol–water partition coefficient (Wildman–Crippen LogP) is 2.21. The van der Waals surface area contributed by atoms with Gasteiger partial charge < -0.3 is 5.32 Å². The van der Waals surface area contributed by atoms with Crippen molar-refractivity contribution in [3.8, 4) is 0 Å². The molecule has 0 aromatic heterocycles. The highest BCUT2D eigenvalue weighted by molar-refractivity contribution is 5.94. The van der Waals surface area contributed by atoms with Crippen LogP contribution in [0.3, 0.4) is 0 Å². The second-order valence-corrected chi connectivity index (χ2v) is 5.22. The van der Waals surface area contributed by atoms with Crippen molar-refractivity contribution in [2.45, 2.75) is 39.7 Å². The molecule has 0 aliphatic carbocycles. The van der Waals surface area contributed by atoms with Crippen molar-refractivity contribution in [3.05, 3.63) is 35.4 Å². The van der Waals surface area contributed by atoms with Crippen LogP contribution in [0.2, 0.25) is 0 Å². The van der Waals surface area contributed by atoms with E-state index in [1.54, 1.807) is 0 Å². The zero-order valence-electron chi connectivity index (χ0n) is 11.9. The Hall–Kier alpha value is -1.39. The molecule has 0 bridgehead atoms. The lowest BCUT2D eigenvalue weighted by Gasteiger charge is -2.07. The van der Waals surface area contributed by atoms with Crippen LogP contribution in [0.1, 0.15) is 49.0 Å². The van der Waals surface area contributed by atoms with Gasteiger partial charge in [0, 0.05) is 18.7 Å². The Morgan fingerprint density at radius 2 is 1.89 bits per heavy atom. The van der Waals surface area contributed by atoms with E-state index < -0.39 is 0 Å². The molecule has 0 saturated carbocycles. The molecule has 4 nitrogen and oxygen atoms in total. The Labute approximate surface area is 115 Å². The van der Waals surface area contributed by atoms with Crippen LogP contribution in [0.25, 0.3) is 0 Å². The Balaban J connectivity index is 2.29. The third kappa shape index (κ3) is 6.36. The van der Waals surface area contributed by atoms with E-state index >= 15 is 0 Å². The van der Waals surface area contributed by atoms with Crippen LogP contribution in [0.4, 0.5) is 0 Å². The molecule has 0 saturated heterocycles. The maximum atomic E-state index is 11.9. The predicted molar refractivity (Wildman–Crippen MR) is 78.5 cm³/mol. The van der Waals surface area contributed by atoms with E-state index in [1.165, 1.54) is 12.8 Å². The van der Waals surface area contributed by atoms with Crippen LogP contribution < -0.4 is 16.6 Å². The van der Waals surface area contributed by atoms with Crippen LogP contribution in [0.15, 0.2) is 24.3 Å². The number of carbonyl (C=O) groups excluding carboxylic acids is 1. The standard InChI is InChI=1S/C15H25N3O/c1-12(2)5-3-4-10-17-15(19)14-8-6-13(7-9-14)11-18-16/h6-9,12,18H,3-5,10-11,16H2,1-2H3,(H,17,19). The Morgan fingerprint density at radius 1 is 1.21 bits per heavy atom. The fraction of sp³-hybridized carbons (Fsp3) is 0.533. The van der Waals surface area contributed by atoms with Gasteiger partial charge in [-0.3, -0.25) is 16.1 Å². The van der Waals surface area contributed by atoms with Gasteiger partial charge in [-0.1, -0.05) is 38.8 Å². The molecule has 106 valence electrons. The van der Waals surface area contributed by atoms with Crippen LogP contribution in [-0.2, 0) is 6.54 Å². The first-order valence-electron chi connectivity index (χ1n) is 6.94. The minimum Gasteiger partial charge on any atom is -0.352 e. The van der Waals surface area contributed by atoms with Gasteiger partial charge in [-0.2, -0.15) is 0 Å². The third-order valence-electron chi connectivity index (χ3n) is 3.02. The smallest absolute Gasteiger partial charge is 0.251 e. The van der Waals surface area contributed by atoms with Crippen LogP contribution in [0, 0.1) is 5.92 Å². The SMILES string of the molecule is CC(C)CCCCNC(=O)c1ccc(CNN)cc1. The first-order valence-corrected chi connectivity index (χ1v) is 6.94. The first kappa shape index (κ1) is 15.7. The quantitative estimate of drug-likeness (QED) is 0.383. The monoisotopic (exact) mass is 263 g/mol. The number of nitrogens with two attached hydrogens (primary N) is 1. The van der Waals surface area contributed by atoms with Gasteiger partial charge in [-0.05, 0) is 30.0 Å². The average molecular weight is 263 g/mol. The van der Waals surface area contributed by atoms with E-state index in [4.69, 9.17) is 5.84 Å². The average Bonchev–Trinajstić information content (AvgIpc) is 2.39. The van der Waals surface area contributed by atoms with E-state index in [0.29, 0.717) is 12.1 Å². The summed E-state index contributed by atoms with van der Waals surface area (Å²) in [5, 5.41) is 2.94. The number of nitrogens with one attached hydrogen (secondary N) is 2. The maximum absolute atomic E-state index is 11.9. The molecule has 1 amide bonds. The van der Waals surface area contributed by atoms with Gasteiger partial charge >= 0.3 is 0 Å². The largest absolute Gasteiger partial charge is 0.352 e. The van der Waals surface area contributed by atoms with E-state index in [1.807, 2.05) is 24.3 Å². The normalized spacial score (nSPS) is 10.7. The van der Waals surface area contributed by atoms with Crippen LogP contribution in [0.5, 0.6) is 0 Å². The fourth-order valence-electron chi connectivity index (χ4n) is 1.87. The van der Waals surface area contributed by atoms with Gasteiger partial charge in [0.05, 0.1) is 0 Å². The van der Waals surface area contributed by atoms with Crippen molar-refractivity contribution in [2.75, 3.05) is 6.54 Å². The lowest BCUT2D eigenvalue weighted by molar-refractivity contribution is 0.0953. The minimum absolute atomic E-state index is 0.00296. The summed E-state index contributed by atoms with van der Waals surface area (Å²) in [6.45, 7) is 5.79. The first-order chi connectivity index (χ1) is 9.13. The summed E-state index contributed by atoms with van der Waals surface area (Å²) in [6, 6.07) is 7.48. The second-order valence-electron chi connectivity index (χ2n) is 5.22. The number of hydrogen-bond donors (Lipinski definition) is 3. The molecular formula is C15H25N3O. The third-order valence-corrected chi connectivity index (χ3v) is 3.02. The second kappa shape index (κ2) is 8.67. The lowest BCUT2D eigenvalue weighted by atomic mass is 10.1. The van der Waals surface area contributed by atoms with E-state index in [0.717, 1.165) is 24.4 Å². The Morgan fingerprint density at radius 3 is 2.47 bits per heavy atom. The molecule has 4 heteroatoms. The number of amides is 1. The molecule has 1 aromatic carbocycles. The number of hydrazine groups is 1. The van der Waals surface area contributed by atoms with Crippen molar-refractivity contribution in [3.63, 3.8) is 0 Å². The summed E-state index contributed by atoms with van der Waals surface area (Å²) >= 11 is 0. The van der Waals surface area contributed by atoms with Crippen LogP contribution in [-0.4, -0.2) is 12.5 Å². The van der Waals surface area contributed by atoms with Crippen molar-refractivity contribution >= 4 is 5.91 Å². The molecule has 0 heterocycles. The van der Waals surface area contributed by atoms with Crippen LogP contribution >= 0.6 is 0 Å².